The van der Waals surface area contributed by atoms with Crippen molar-refractivity contribution in [3.63, 3.8) is 0 Å². The van der Waals surface area contributed by atoms with Crippen LogP contribution in [0.4, 0.5) is 23.2 Å². The van der Waals surface area contributed by atoms with Gasteiger partial charge in [0.05, 0.1) is 29.1 Å². The molecule has 1 aliphatic carbocycles. The third-order valence-corrected chi connectivity index (χ3v) is 7.76. The van der Waals surface area contributed by atoms with Crippen molar-refractivity contribution in [1.82, 2.24) is 4.31 Å². The van der Waals surface area contributed by atoms with Gasteiger partial charge in [0.15, 0.2) is 0 Å². The molecule has 2 aromatic rings. The number of benzene rings is 2. The lowest BCUT2D eigenvalue weighted by molar-refractivity contribution is -0.140. The van der Waals surface area contributed by atoms with Crippen LogP contribution in [0.15, 0.2) is 41.3 Å². The van der Waals surface area contributed by atoms with E-state index >= 15 is 0 Å². The van der Waals surface area contributed by atoms with Gasteiger partial charge < -0.3 is 10.1 Å². The summed E-state index contributed by atoms with van der Waals surface area (Å²) in [5.41, 5.74) is -1.83. The van der Waals surface area contributed by atoms with Crippen molar-refractivity contribution in [3.05, 3.63) is 52.8 Å². The lowest BCUT2D eigenvalue weighted by atomic mass is 9.95. The SMILES string of the molecule is COc1ccc(S(=O)(=O)N(CC(=O)Nc2ccc(F)c(C(F)(F)F)c2)C2CCCCC2)cc1Cl. The Hall–Kier alpha value is -2.37. The molecular formula is C22H23ClF4N2O4S. The third-order valence-electron chi connectivity index (χ3n) is 5.57. The first-order valence-electron chi connectivity index (χ1n) is 10.5. The van der Waals surface area contributed by atoms with Crippen LogP contribution in [0.1, 0.15) is 37.7 Å². The minimum absolute atomic E-state index is 0.0719. The zero-order chi connectivity index (χ0) is 25.1. The largest absolute Gasteiger partial charge is 0.495 e. The number of carbonyl (C=O) groups is 1. The Morgan fingerprint density at radius 3 is 2.41 bits per heavy atom. The topological polar surface area (TPSA) is 75.7 Å². The maximum atomic E-state index is 13.5. The normalized spacial score (nSPS) is 15.4. The minimum atomic E-state index is -4.95. The Labute approximate surface area is 199 Å². The molecule has 1 N–H and O–H groups in total. The fraction of sp³-hybridized carbons (Fsp3) is 0.409. The first-order chi connectivity index (χ1) is 15.9. The molecule has 0 aliphatic heterocycles. The summed E-state index contributed by atoms with van der Waals surface area (Å²) in [5, 5.41) is 2.32. The summed E-state index contributed by atoms with van der Waals surface area (Å²) in [4.78, 5) is 12.6. The molecule has 0 atom stereocenters. The summed E-state index contributed by atoms with van der Waals surface area (Å²) < 4.78 is 85.5. The van der Waals surface area contributed by atoms with Crippen molar-refractivity contribution < 1.29 is 35.5 Å². The molecule has 0 unspecified atom stereocenters. The standard InChI is InChI=1S/C22H23ClF4N2O4S/c1-33-20-10-8-16(12-18(20)23)34(31,32)29(15-5-3-2-4-6-15)13-21(30)28-14-7-9-19(24)17(11-14)22(25,26)27/h7-12,15H,2-6,13H2,1H3,(H,28,30). The summed E-state index contributed by atoms with van der Waals surface area (Å²) in [6.07, 6.45) is -1.41. The van der Waals surface area contributed by atoms with E-state index < -0.39 is 46.1 Å². The van der Waals surface area contributed by atoms with Gasteiger partial charge in [0.2, 0.25) is 15.9 Å². The second-order valence-electron chi connectivity index (χ2n) is 7.88. The molecule has 12 heteroatoms. The molecular weight excluding hydrogens is 500 g/mol. The molecule has 3 rings (SSSR count). The molecule has 1 amide bonds. The molecule has 0 aromatic heterocycles. The average Bonchev–Trinajstić information content (AvgIpc) is 2.78. The summed E-state index contributed by atoms with van der Waals surface area (Å²) in [5.74, 6) is -2.05. The maximum Gasteiger partial charge on any atom is 0.419 e. The Morgan fingerprint density at radius 2 is 1.82 bits per heavy atom. The number of methoxy groups -OCH3 is 1. The second-order valence-corrected chi connectivity index (χ2v) is 10.2. The van der Waals surface area contributed by atoms with Gasteiger partial charge >= 0.3 is 6.18 Å². The number of nitrogens with one attached hydrogen (secondary N) is 1. The van der Waals surface area contributed by atoms with Crippen molar-refractivity contribution in [2.24, 2.45) is 0 Å². The Bertz CT molecular complexity index is 1150. The van der Waals surface area contributed by atoms with E-state index in [-0.39, 0.29) is 21.4 Å². The van der Waals surface area contributed by atoms with Crippen LogP contribution in [0.2, 0.25) is 5.02 Å². The third kappa shape index (κ3) is 6.00. The van der Waals surface area contributed by atoms with Crippen LogP contribution >= 0.6 is 11.6 Å². The molecule has 6 nitrogen and oxygen atoms in total. The highest BCUT2D eigenvalue weighted by Gasteiger charge is 2.36. The smallest absolute Gasteiger partial charge is 0.419 e. The van der Waals surface area contributed by atoms with Crippen LogP contribution in [0.5, 0.6) is 5.75 Å². The van der Waals surface area contributed by atoms with Gasteiger partial charge in [-0.05, 0) is 49.2 Å². The van der Waals surface area contributed by atoms with Gasteiger partial charge in [0, 0.05) is 11.7 Å². The number of nitrogens with zero attached hydrogens (tertiary/aromatic N) is 1. The first-order valence-corrected chi connectivity index (χ1v) is 12.3. The van der Waals surface area contributed by atoms with E-state index in [0.717, 1.165) is 29.6 Å². The van der Waals surface area contributed by atoms with Crippen LogP contribution in [-0.4, -0.2) is 38.3 Å². The number of hydrogen-bond donors (Lipinski definition) is 1. The van der Waals surface area contributed by atoms with Gasteiger partial charge in [-0.25, -0.2) is 12.8 Å². The number of halogens is 5. The van der Waals surface area contributed by atoms with Gasteiger partial charge in [-0.3, -0.25) is 4.79 Å². The number of alkyl halides is 3. The average molecular weight is 523 g/mol. The minimum Gasteiger partial charge on any atom is -0.495 e. The van der Waals surface area contributed by atoms with Crippen LogP contribution in [0.3, 0.4) is 0 Å². The van der Waals surface area contributed by atoms with Gasteiger partial charge in [-0.2, -0.15) is 17.5 Å². The maximum absolute atomic E-state index is 13.5. The fourth-order valence-electron chi connectivity index (χ4n) is 3.88. The Kier molecular flexibility index (Phi) is 8.10. The number of carbonyl (C=O) groups excluding carboxylic acids is 1. The van der Waals surface area contributed by atoms with Crippen LogP contribution in [-0.2, 0) is 21.0 Å². The molecule has 0 saturated heterocycles. The number of hydrogen-bond acceptors (Lipinski definition) is 4. The molecule has 0 bridgehead atoms. The molecule has 1 fully saturated rings. The summed E-state index contributed by atoms with van der Waals surface area (Å²) in [6, 6.07) is 5.49. The molecule has 186 valence electrons. The van der Waals surface area contributed by atoms with Gasteiger partial charge in [-0.15, -0.1) is 0 Å². The van der Waals surface area contributed by atoms with Crippen molar-refractivity contribution in [1.29, 1.82) is 0 Å². The predicted octanol–water partition coefficient (Wildman–Crippen LogP) is 5.47. The highest BCUT2D eigenvalue weighted by atomic mass is 35.5. The Balaban J connectivity index is 1.88. The molecule has 2 aromatic carbocycles. The van der Waals surface area contributed by atoms with Crippen molar-refractivity contribution in [2.45, 2.75) is 49.2 Å². The molecule has 1 aliphatic rings. The van der Waals surface area contributed by atoms with E-state index in [4.69, 9.17) is 16.3 Å². The van der Waals surface area contributed by atoms with E-state index in [9.17, 15) is 30.8 Å². The zero-order valence-electron chi connectivity index (χ0n) is 18.2. The van der Waals surface area contributed by atoms with Crippen molar-refractivity contribution in [2.75, 3.05) is 19.0 Å². The number of anilines is 1. The summed E-state index contributed by atoms with van der Waals surface area (Å²) >= 11 is 6.09. The van der Waals surface area contributed by atoms with Gasteiger partial charge in [0.1, 0.15) is 11.6 Å². The van der Waals surface area contributed by atoms with E-state index in [2.05, 4.69) is 5.32 Å². The van der Waals surface area contributed by atoms with Crippen molar-refractivity contribution >= 4 is 33.2 Å². The first kappa shape index (κ1) is 26.2. The lowest BCUT2D eigenvalue weighted by Crippen LogP contribution is -2.45. The lowest BCUT2D eigenvalue weighted by Gasteiger charge is -2.33. The number of rotatable bonds is 7. The molecule has 1 saturated carbocycles. The zero-order valence-corrected chi connectivity index (χ0v) is 19.7. The highest BCUT2D eigenvalue weighted by molar-refractivity contribution is 7.89. The molecule has 0 radical (unpaired) electrons. The van der Waals surface area contributed by atoms with E-state index in [1.165, 1.54) is 25.3 Å². The Morgan fingerprint density at radius 1 is 1.15 bits per heavy atom. The van der Waals surface area contributed by atoms with E-state index in [1.807, 2.05) is 0 Å². The summed E-state index contributed by atoms with van der Waals surface area (Å²) in [6.45, 7) is -0.630. The number of sulfonamides is 1. The quantitative estimate of drug-likeness (QED) is 0.489. The predicted molar refractivity (Wildman–Crippen MR) is 119 cm³/mol. The van der Waals surface area contributed by atoms with Crippen molar-refractivity contribution in [3.8, 4) is 5.75 Å². The van der Waals surface area contributed by atoms with E-state index in [1.54, 1.807) is 0 Å². The fourth-order valence-corrected chi connectivity index (χ4v) is 5.88. The van der Waals surface area contributed by atoms with Crippen LogP contribution in [0, 0.1) is 5.82 Å². The molecule has 0 heterocycles. The summed E-state index contributed by atoms with van der Waals surface area (Å²) in [7, 11) is -2.80. The number of amides is 1. The van der Waals surface area contributed by atoms with Gasteiger partial charge in [-0.1, -0.05) is 30.9 Å². The number of ether oxygens (including phenoxy) is 1. The van der Waals surface area contributed by atoms with Crippen LogP contribution < -0.4 is 10.1 Å². The van der Waals surface area contributed by atoms with Crippen LogP contribution in [0.25, 0.3) is 0 Å². The molecule has 0 spiro atoms. The molecule has 34 heavy (non-hydrogen) atoms. The monoisotopic (exact) mass is 522 g/mol. The highest BCUT2D eigenvalue weighted by Crippen LogP contribution is 2.34. The van der Waals surface area contributed by atoms with Gasteiger partial charge in [0.25, 0.3) is 0 Å². The van der Waals surface area contributed by atoms with E-state index in [0.29, 0.717) is 25.0 Å². The second kappa shape index (κ2) is 10.5.